The van der Waals surface area contributed by atoms with Crippen LogP contribution in [0.1, 0.15) is 37.7 Å². The lowest BCUT2D eigenvalue weighted by Gasteiger charge is -2.22. The molecule has 0 unspecified atom stereocenters. The van der Waals surface area contributed by atoms with E-state index in [1.165, 1.54) is 19.3 Å². The number of nitrogens with zero attached hydrogens (tertiary/aromatic N) is 2. The maximum absolute atomic E-state index is 11.9. The standard InChI is InChI=1S/C16H22N4O/c1-20-11-18-14-9-12(7-8-15(14)20)10-17-16(21)19-13-5-3-2-4-6-13/h7-9,11,13H,2-6,10H2,1H3,(H2,17,19,21). The predicted molar refractivity (Wildman–Crippen MR) is 83.0 cm³/mol. The lowest BCUT2D eigenvalue weighted by molar-refractivity contribution is 0.232. The zero-order valence-electron chi connectivity index (χ0n) is 12.4. The molecule has 1 aliphatic rings. The van der Waals surface area contributed by atoms with Crippen LogP contribution in [0.2, 0.25) is 0 Å². The molecule has 0 atom stereocenters. The van der Waals surface area contributed by atoms with E-state index in [9.17, 15) is 4.79 Å². The van der Waals surface area contributed by atoms with Crippen molar-refractivity contribution in [3.8, 4) is 0 Å². The molecular formula is C16H22N4O. The summed E-state index contributed by atoms with van der Waals surface area (Å²) in [7, 11) is 1.98. The van der Waals surface area contributed by atoms with Gasteiger partial charge in [-0.2, -0.15) is 0 Å². The Balaban J connectivity index is 1.54. The summed E-state index contributed by atoms with van der Waals surface area (Å²) in [5.74, 6) is 0. The van der Waals surface area contributed by atoms with Crippen LogP contribution in [-0.4, -0.2) is 21.6 Å². The molecule has 3 rings (SSSR count). The Hall–Kier alpha value is -2.04. The maximum Gasteiger partial charge on any atom is 0.315 e. The summed E-state index contributed by atoms with van der Waals surface area (Å²) in [6.07, 6.45) is 7.75. The Labute approximate surface area is 124 Å². The number of aryl methyl sites for hydroxylation is 1. The minimum atomic E-state index is -0.0667. The van der Waals surface area contributed by atoms with Gasteiger partial charge in [0, 0.05) is 19.6 Å². The molecule has 2 N–H and O–H groups in total. The van der Waals surface area contributed by atoms with Gasteiger partial charge in [0.15, 0.2) is 0 Å². The molecule has 21 heavy (non-hydrogen) atoms. The molecule has 1 aromatic heterocycles. The van der Waals surface area contributed by atoms with Gasteiger partial charge in [0.2, 0.25) is 0 Å². The largest absolute Gasteiger partial charge is 0.335 e. The van der Waals surface area contributed by atoms with Crippen molar-refractivity contribution >= 4 is 17.1 Å². The van der Waals surface area contributed by atoms with Gasteiger partial charge in [-0.1, -0.05) is 25.3 Å². The van der Waals surface area contributed by atoms with E-state index in [0.29, 0.717) is 12.6 Å². The van der Waals surface area contributed by atoms with Crippen molar-refractivity contribution in [2.24, 2.45) is 7.05 Å². The van der Waals surface area contributed by atoms with Crippen molar-refractivity contribution in [3.05, 3.63) is 30.1 Å². The fourth-order valence-corrected chi connectivity index (χ4v) is 2.96. The van der Waals surface area contributed by atoms with Crippen molar-refractivity contribution < 1.29 is 4.79 Å². The first-order valence-electron chi connectivity index (χ1n) is 7.67. The molecule has 1 saturated carbocycles. The number of hydrogen-bond acceptors (Lipinski definition) is 2. The molecule has 0 radical (unpaired) electrons. The van der Waals surface area contributed by atoms with E-state index in [4.69, 9.17) is 0 Å². The quantitative estimate of drug-likeness (QED) is 0.911. The fraction of sp³-hybridized carbons (Fsp3) is 0.500. The lowest BCUT2D eigenvalue weighted by Crippen LogP contribution is -2.42. The number of fused-ring (bicyclic) bond motifs is 1. The first-order valence-corrected chi connectivity index (χ1v) is 7.67. The third-order valence-corrected chi connectivity index (χ3v) is 4.18. The zero-order valence-corrected chi connectivity index (χ0v) is 12.4. The molecule has 112 valence electrons. The molecule has 5 heteroatoms. The number of benzene rings is 1. The summed E-state index contributed by atoms with van der Waals surface area (Å²) in [6, 6.07) is 6.37. The molecule has 1 aromatic carbocycles. The van der Waals surface area contributed by atoms with Crippen LogP contribution in [0, 0.1) is 0 Å². The van der Waals surface area contributed by atoms with Crippen LogP contribution in [-0.2, 0) is 13.6 Å². The average Bonchev–Trinajstić information content (AvgIpc) is 2.87. The Morgan fingerprint density at radius 2 is 2.14 bits per heavy atom. The Morgan fingerprint density at radius 3 is 2.95 bits per heavy atom. The van der Waals surface area contributed by atoms with Crippen molar-refractivity contribution in [2.75, 3.05) is 0 Å². The van der Waals surface area contributed by atoms with Gasteiger partial charge < -0.3 is 15.2 Å². The third kappa shape index (κ3) is 3.35. The number of aromatic nitrogens is 2. The smallest absolute Gasteiger partial charge is 0.315 e. The van der Waals surface area contributed by atoms with Crippen molar-refractivity contribution in [2.45, 2.75) is 44.7 Å². The first kappa shape index (κ1) is 13.9. The molecule has 1 heterocycles. The van der Waals surface area contributed by atoms with Crippen LogP contribution in [0.5, 0.6) is 0 Å². The molecule has 2 aromatic rings. The number of amides is 2. The first-order chi connectivity index (χ1) is 10.2. The highest BCUT2D eigenvalue weighted by molar-refractivity contribution is 5.77. The van der Waals surface area contributed by atoms with Gasteiger partial charge in [0.1, 0.15) is 0 Å². The van der Waals surface area contributed by atoms with Crippen LogP contribution in [0.3, 0.4) is 0 Å². The van der Waals surface area contributed by atoms with E-state index < -0.39 is 0 Å². The van der Waals surface area contributed by atoms with Crippen molar-refractivity contribution in [1.29, 1.82) is 0 Å². The van der Waals surface area contributed by atoms with Crippen LogP contribution in [0.4, 0.5) is 4.79 Å². The number of hydrogen-bond donors (Lipinski definition) is 2. The molecule has 2 amide bonds. The molecule has 0 aliphatic heterocycles. The normalized spacial score (nSPS) is 16.0. The maximum atomic E-state index is 11.9. The van der Waals surface area contributed by atoms with Gasteiger partial charge in [-0.25, -0.2) is 9.78 Å². The van der Waals surface area contributed by atoms with Gasteiger partial charge in [0.25, 0.3) is 0 Å². The number of nitrogens with one attached hydrogen (secondary N) is 2. The summed E-state index contributed by atoms with van der Waals surface area (Å²) < 4.78 is 1.99. The number of carbonyl (C=O) groups excluding carboxylic acids is 1. The minimum Gasteiger partial charge on any atom is -0.335 e. The van der Waals surface area contributed by atoms with Crippen LogP contribution in [0.15, 0.2) is 24.5 Å². The molecule has 0 saturated heterocycles. The molecule has 0 bridgehead atoms. The Morgan fingerprint density at radius 1 is 1.33 bits per heavy atom. The SMILES string of the molecule is Cn1cnc2cc(CNC(=O)NC3CCCCC3)ccc21. The van der Waals surface area contributed by atoms with Gasteiger partial charge in [-0.3, -0.25) is 0 Å². The molecule has 5 nitrogen and oxygen atoms in total. The van der Waals surface area contributed by atoms with Crippen molar-refractivity contribution in [1.82, 2.24) is 20.2 Å². The number of imidazole rings is 1. The summed E-state index contributed by atoms with van der Waals surface area (Å²) in [4.78, 5) is 16.2. The number of carbonyl (C=O) groups is 1. The number of rotatable bonds is 3. The van der Waals surface area contributed by atoms with Crippen LogP contribution >= 0.6 is 0 Å². The third-order valence-electron chi connectivity index (χ3n) is 4.18. The second-order valence-electron chi connectivity index (χ2n) is 5.84. The molecule has 1 fully saturated rings. The topological polar surface area (TPSA) is 59.0 Å². The average molecular weight is 286 g/mol. The minimum absolute atomic E-state index is 0.0667. The van der Waals surface area contributed by atoms with E-state index in [-0.39, 0.29) is 6.03 Å². The second-order valence-corrected chi connectivity index (χ2v) is 5.84. The van der Waals surface area contributed by atoms with E-state index in [1.807, 2.05) is 29.8 Å². The Bertz CT molecular complexity index is 628. The van der Waals surface area contributed by atoms with Gasteiger partial charge >= 0.3 is 6.03 Å². The fourth-order valence-electron chi connectivity index (χ4n) is 2.96. The summed E-state index contributed by atoms with van der Waals surface area (Å²) >= 11 is 0. The lowest BCUT2D eigenvalue weighted by atomic mass is 9.96. The molecule has 1 aliphatic carbocycles. The summed E-state index contributed by atoms with van der Waals surface area (Å²) in [5.41, 5.74) is 3.13. The van der Waals surface area contributed by atoms with E-state index in [1.54, 1.807) is 6.33 Å². The second kappa shape index (κ2) is 6.16. The van der Waals surface area contributed by atoms with E-state index in [2.05, 4.69) is 15.6 Å². The Kier molecular flexibility index (Phi) is 4.08. The highest BCUT2D eigenvalue weighted by Gasteiger charge is 2.15. The monoisotopic (exact) mass is 286 g/mol. The predicted octanol–water partition coefficient (Wildman–Crippen LogP) is 2.71. The van der Waals surface area contributed by atoms with Gasteiger partial charge in [0.05, 0.1) is 17.4 Å². The van der Waals surface area contributed by atoms with Crippen molar-refractivity contribution in [3.63, 3.8) is 0 Å². The van der Waals surface area contributed by atoms with E-state index in [0.717, 1.165) is 29.4 Å². The van der Waals surface area contributed by atoms with Crippen LogP contribution < -0.4 is 10.6 Å². The van der Waals surface area contributed by atoms with Gasteiger partial charge in [-0.05, 0) is 30.5 Å². The molecular weight excluding hydrogens is 264 g/mol. The summed E-state index contributed by atoms with van der Waals surface area (Å²) in [6.45, 7) is 0.533. The number of urea groups is 1. The highest BCUT2D eigenvalue weighted by Crippen LogP contribution is 2.17. The van der Waals surface area contributed by atoms with Gasteiger partial charge in [-0.15, -0.1) is 0 Å². The van der Waals surface area contributed by atoms with E-state index >= 15 is 0 Å². The van der Waals surface area contributed by atoms with Crippen LogP contribution in [0.25, 0.3) is 11.0 Å². The molecule has 0 spiro atoms. The zero-order chi connectivity index (χ0) is 14.7. The summed E-state index contributed by atoms with van der Waals surface area (Å²) in [5, 5.41) is 5.99. The highest BCUT2D eigenvalue weighted by atomic mass is 16.2.